The number of halogens is 1. The van der Waals surface area contributed by atoms with E-state index in [0.29, 0.717) is 11.4 Å². The zero-order chi connectivity index (χ0) is 13.4. The molecule has 3 rings (SSSR count). The third kappa shape index (κ3) is 1.90. The molecule has 19 heavy (non-hydrogen) atoms. The smallest absolute Gasteiger partial charge is 0.140 e. The SMILES string of the molecule is Cc1cccn2c(CO)c(-c3ccc(F)cc3)nc12. The number of imidazole rings is 1. The first-order valence-electron chi connectivity index (χ1n) is 6.04. The molecule has 0 fully saturated rings. The molecule has 3 nitrogen and oxygen atoms in total. The van der Waals surface area contributed by atoms with Gasteiger partial charge in [-0.25, -0.2) is 9.37 Å². The van der Waals surface area contributed by atoms with Gasteiger partial charge in [-0.05, 0) is 42.8 Å². The Labute approximate surface area is 110 Å². The highest BCUT2D eigenvalue weighted by Crippen LogP contribution is 2.25. The van der Waals surface area contributed by atoms with Gasteiger partial charge in [0.05, 0.1) is 18.0 Å². The molecule has 96 valence electrons. The van der Waals surface area contributed by atoms with Gasteiger partial charge in [-0.1, -0.05) is 6.07 Å². The number of hydrogen-bond donors (Lipinski definition) is 1. The molecule has 4 heteroatoms. The van der Waals surface area contributed by atoms with E-state index in [-0.39, 0.29) is 12.4 Å². The highest BCUT2D eigenvalue weighted by Gasteiger charge is 2.14. The molecule has 0 spiro atoms. The number of rotatable bonds is 2. The van der Waals surface area contributed by atoms with Gasteiger partial charge < -0.3 is 9.51 Å². The summed E-state index contributed by atoms with van der Waals surface area (Å²) in [6.45, 7) is 1.86. The Morgan fingerprint density at radius 3 is 2.63 bits per heavy atom. The van der Waals surface area contributed by atoms with Crippen LogP contribution in [0.25, 0.3) is 16.9 Å². The maximum atomic E-state index is 13.0. The van der Waals surface area contributed by atoms with Crippen molar-refractivity contribution in [3.05, 3.63) is 59.7 Å². The quantitative estimate of drug-likeness (QED) is 0.765. The van der Waals surface area contributed by atoms with Crippen LogP contribution < -0.4 is 0 Å². The van der Waals surface area contributed by atoms with Crippen LogP contribution in [0.4, 0.5) is 4.39 Å². The summed E-state index contributed by atoms with van der Waals surface area (Å²) in [5.41, 5.74) is 4.05. The molecule has 1 N–H and O–H groups in total. The molecule has 0 aliphatic carbocycles. The second kappa shape index (κ2) is 4.48. The van der Waals surface area contributed by atoms with Gasteiger partial charge in [0.15, 0.2) is 0 Å². The summed E-state index contributed by atoms with van der Waals surface area (Å²) in [6, 6.07) is 10.0. The fourth-order valence-electron chi connectivity index (χ4n) is 2.24. The number of aromatic nitrogens is 2. The van der Waals surface area contributed by atoms with Gasteiger partial charge in [-0.3, -0.25) is 0 Å². The Kier molecular flexibility index (Phi) is 2.80. The molecule has 0 aliphatic heterocycles. The van der Waals surface area contributed by atoms with Crippen molar-refractivity contribution in [2.24, 2.45) is 0 Å². The monoisotopic (exact) mass is 256 g/mol. The van der Waals surface area contributed by atoms with Crippen LogP contribution in [0.1, 0.15) is 11.3 Å². The molecule has 3 aromatic rings. The molecular weight excluding hydrogens is 243 g/mol. The van der Waals surface area contributed by atoms with Gasteiger partial charge in [-0.15, -0.1) is 0 Å². The third-order valence-corrected chi connectivity index (χ3v) is 3.21. The number of aliphatic hydroxyl groups excluding tert-OH is 1. The van der Waals surface area contributed by atoms with E-state index in [1.165, 1.54) is 12.1 Å². The second-order valence-corrected chi connectivity index (χ2v) is 4.46. The topological polar surface area (TPSA) is 37.5 Å². The van der Waals surface area contributed by atoms with Gasteiger partial charge >= 0.3 is 0 Å². The molecule has 2 aromatic heterocycles. The second-order valence-electron chi connectivity index (χ2n) is 4.46. The highest BCUT2D eigenvalue weighted by molar-refractivity contribution is 5.67. The summed E-state index contributed by atoms with van der Waals surface area (Å²) in [7, 11) is 0. The number of benzene rings is 1. The van der Waals surface area contributed by atoms with E-state index in [9.17, 15) is 9.50 Å². The van der Waals surface area contributed by atoms with Crippen molar-refractivity contribution in [1.29, 1.82) is 0 Å². The Bertz CT molecular complexity index is 732. The average molecular weight is 256 g/mol. The molecule has 2 heterocycles. The Morgan fingerprint density at radius 2 is 1.95 bits per heavy atom. The van der Waals surface area contributed by atoms with Gasteiger partial charge in [0.2, 0.25) is 0 Å². The summed E-state index contributed by atoms with van der Waals surface area (Å²) in [5.74, 6) is -0.283. The van der Waals surface area contributed by atoms with Crippen molar-refractivity contribution in [2.45, 2.75) is 13.5 Å². The fourth-order valence-corrected chi connectivity index (χ4v) is 2.24. The number of pyridine rings is 1. The molecule has 0 atom stereocenters. The minimum atomic E-state index is -0.283. The van der Waals surface area contributed by atoms with Crippen molar-refractivity contribution in [3.8, 4) is 11.3 Å². The minimum absolute atomic E-state index is 0.114. The van der Waals surface area contributed by atoms with E-state index in [1.807, 2.05) is 29.7 Å². The zero-order valence-electron chi connectivity index (χ0n) is 10.5. The lowest BCUT2D eigenvalue weighted by Crippen LogP contribution is -1.94. The molecule has 0 amide bonds. The first kappa shape index (κ1) is 11.9. The predicted octanol–water partition coefficient (Wildman–Crippen LogP) is 2.94. The Balaban J connectivity index is 2.29. The number of fused-ring (bicyclic) bond motifs is 1. The largest absolute Gasteiger partial charge is 0.390 e. The van der Waals surface area contributed by atoms with Crippen LogP contribution in [0.3, 0.4) is 0 Å². The molecule has 0 unspecified atom stereocenters. The van der Waals surface area contributed by atoms with Gasteiger partial charge in [-0.2, -0.15) is 0 Å². The van der Waals surface area contributed by atoms with Crippen LogP contribution >= 0.6 is 0 Å². The highest BCUT2D eigenvalue weighted by atomic mass is 19.1. The Hall–Kier alpha value is -2.20. The molecule has 1 aromatic carbocycles. The summed E-state index contributed by atoms with van der Waals surface area (Å²) in [4.78, 5) is 4.56. The van der Waals surface area contributed by atoms with E-state index < -0.39 is 0 Å². The van der Waals surface area contributed by atoms with Crippen LogP contribution in [0.5, 0.6) is 0 Å². The number of hydrogen-bond acceptors (Lipinski definition) is 2. The van der Waals surface area contributed by atoms with Crippen molar-refractivity contribution >= 4 is 5.65 Å². The van der Waals surface area contributed by atoms with Crippen LogP contribution in [-0.2, 0) is 6.61 Å². The molecule has 0 bridgehead atoms. The number of aryl methyl sites for hydroxylation is 1. The van der Waals surface area contributed by atoms with Crippen LogP contribution in [0.2, 0.25) is 0 Å². The van der Waals surface area contributed by atoms with Crippen molar-refractivity contribution in [1.82, 2.24) is 9.38 Å². The zero-order valence-corrected chi connectivity index (χ0v) is 10.5. The fraction of sp³-hybridized carbons (Fsp3) is 0.133. The van der Waals surface area contributed by atoms with E-state index in [1.54, 1.807) is 12.1 Å². The lowest BCUT2D eigenvalue weighted by Gasteiger charge is -2.02. The van der Waals surface area contributed by atoms with Crippen molar-refractivity contribution in [3.63, 3.8) is 0 Å². The number of aliphatic hydroxyl groups is 1. The predicted molar refractivity (Wildman–Crippen MR) is 71.2 cm³/mol. The summed E-state index contributed by atoms with van der Waals surface area (Å²) < 4.78 is 14.8. The third-order valence-electron chi connectivity index (χ3n) is 3.21. The molecule has 0 saturated carbocycles. The summed E-state index contributed by atoms with van der Waals surface area (Å²) >= 11 is 0. The normalized spacial score (nSPS) is 11.1. The van der Waals surface area contributed by atoms with Crippen LogP contribution in [-0.4, -0.2) is 14.5 Å². The average Bonchev–Trinajstić information content (AvgIpc) is 2.79. The molecule has 0 aliphatic rings. The maximum absolute atomic E-state index is 13.0. The van der Waals surface area contributed by atoms with Gasteiger partial charge in [0.1, 0.15) is 11.5 Å². The standard InChI is InChI=1S/C15H13FN2O/c1-10-3-2-8-18-13(9-19)14(17-15(10)18)11-4-6-12(16)7-5-11/h2-8,19H,9H2,1H3. The van der Waals surface area contributed by atoms with E-state index in [4.69, 9.17) is 0 Å². The van der Waals surface area contributed by atoms with E-state index in [0.717, 1.165) is 16.8 Å². The summed E-state index contributed by atoms with van der Waals surface area (Å²) in [5, 5.41) is 9.58. The first-order valence-corrected chi connectivity index (χ1v) is 6.04. The van der Waals surface area contributed by atoms with Crippen molar-refractivity contribution in [2.75, 3.05) is 0 Å². The van der Waals surface area contributed by atoms with Gasteiger partial charge in [0, 0.05) is 11.8 Å². The number of nitrogens with zero attached hydrogens (tertiary/aromatic N) is 2. The first-order chi connectivity index (χ1) is 9.20. The maximum Gasteiger partial charge on any atom is 0.140 e. The molecular formula is C15H13FN2O. The van der Waals surface area contributed by atoms with Crippen LogP contribution in [0, 0.1) is 12.7 Å². The minimum Gasteiger partial charge on any atom is -0.390 e. The molecule has 0 saturated heterocycles. The van der Waals surface area contributed by atoms with E-state index in [2.05, 4.69) is 4.98 Å². The lowest BCUT2D eigenvalue weighted by molar-refractivity contribution is 0.276. The van der Waals surface area contributed by atoms with Gasteiger partial charge in [0.25, 0.3) is 0 Å². The van der Waals surface area contributed by atoms with E-state index >= 15 is 0 Å². The Morgan fingerprint density at radius 1 is 1.21 bits per heavy atom. The van der Waals surface area contributed by atoms with Crippen LogP contribution in [0.15, 0.2) is 42.6 Å². The lowest BCUT2D eigenvalue weighted by atomic mass is 10.1. The summed E-state index contributed by atoms with van der Waals surface area (Å²) in [6.07, 6.45) is 1.87. The molecule has 0 radical (unpaired) electrons. The van der Waals surface area contributed by atoms with Crippen molar-refractivity contribution < 1.29 is 9.50 Å².